The van der Waals surface area contributed by atoms with Gasteiger partial charge in [-0.15, -0.1) is 0 Å². The smallest absolute Gasteiger partial charge is 0.412 e. The maximum Gasteiger partial charge on any atom is 0.412 e. The SMILES string of the molecule is Cc1noc(C2CCN(c3ccc(C4(c5cc(=O)[nH]o5)CC4)cc3)CC2)c1NC(=O)O[C@H](C)c1ccccc1. The first-order valence-electron chi connectivity index (χ1n) is 13.5. The third kappa shape index (κ3) is 4.96. The van der Waals surface area contributed by atoms with Crippen molar-refractivity contribution in [1.29, 1.82) is 0 Å². The lowest BCUT2D eigenvalue weighted by Crippen LogP contribution is -2.33. The van der Waals surface area contributed by atoms with E-state index in [4.69, 9.17) is 13.8 Å². The first-order chi connectivity index (χ1) is 18.9. The summed E-state index contributed by atoms with van der Waals surface area (Å²) in [6, 6.07) is 19.8. The quantitative estimate of drug-likeness (QED) is 0.301. The Bertz CT molecular complexity index is 1490. The molecule has 2 aromatic carbocycles. The summed E-state index contributed by atoms with van der Waals surface area (Å²) < 4.78 is 16.7. The Morgan fingerprint density at radius 2 is 1.85 bits per heavy atom. The Morgan fingerprint density at radius 3 is 2.49 bits per heavy atom. The van der Waals surface area contributed by atoms with Crippen LogP contribution in [0.5, 0.6) is 0 Å². The molecule has 2 fully saturated rings. The molecule has 0 unspecified atom stereocenters. The van der Waals surface area contributed by atoms with Crippen LogP contribution in [0.3, 0.4) is 0 Å². The summed E-state index contributed by atoms with van der Waals surface area (Å²) in [5.41, 5.74) is 4.12. The van der Waals surface area contributed by atoms with Crippen molar-refractivity contribution in [2.45, 2.75) is 57.0 Å². The number of hydrogen-bond donors (Lipinski definition) is 2. The van der Waals surface area contributed by atoms with Crippen molar-refractivity contribution in [3.63, 3.8) is 0 Å². The maximum atomic E-state index is 12.7. The third-order valence-electron chi connectivity index (χ3n) is 8.07. The van der Waals surface area contributed by atoms with Gasteiger partial charge in [0.05, 0.1) is 5.41 Å². The molecular weight excluding hydrogens is 496 g/mol. The summed E-state index contributed by atoms with van der Waals surface area (Å²) >= 11 is 0. The van der Waals surface area contributed by atoms with Crippen LogP contribution in [0.2, 0.25) is 0 Å². The minimum atomic E-state index is -0.524. The molecule has 3 heterocycles. The molecule has 0 radical (unpaired) electrons. The Hall–Kier alpha value is -4.27. The van der Waals surface area contributed by atoms with Crippen LogP contribution in [0, 0.1) is 6.92 Å². The molecule has 1 atom stereocenters. The number of hydrogen-bond acceptors (Lipinski definition) is 7. The van der Waals surface area contributed by atoms with Crippen LogP contribution in [-0.2, 0) is 10.2 Å². The molecule has 1 saturated heterocycles. The lowest BCUT2D eigenvalue weighted by molar-refractivity contribution is 0.121. The normalized spacial score (nSPS) is 17.5. The monoisotopic (exact) mass is 528 g/mol. The number of amides is 1. The lowest BCUT2D eigenvalue weighted by atomic mass is 9.91. The van der Waals surface area contributed by atoms with Crippen LogP contribution in [0.25, 0.3) is 0 Å². The van der Waals surface area contributed by atoms with E-state index < -0.39 is 6.09 Å². The van der Waals surface area contributed by atoms with Gasteiger partial charge in [-0.3, -0.25) is 10.1 Å². The van der Waals surface area contributed by atoms with Gasteiger partial charge < -0.3 is 18.7 Å². The van der Waals surface area contributed by atoms with E-state index in [9.17, 15) is 9.59 Å². The molecule has 2 N–H and O–H groups in total. The van der Waals surface area contributed by atoms with Crippen LogP contribution in [0.15, 0.2) is 74.5 Å². The van der Waals surface area contributed by atoms with E-state index >= 15 is 0 Å². The van der Waals surface area contributed by atoms with Crippen molar-refractivity contribution in [3.8, 4) is 0 Å². The van der Waals surface area contributed by atoms with E-state index in [1.54, 1.807) is 6.07 Å². The van der Waals surface area contributed by atoms with Crippen molar-refractivity contribution in [2.24, 2.45) is 0 Å². The molecule has 1 aliphatic heterocycles. The molecule has 0 spiro atoms. The number of nitrogens with zero attached hydrogens (tertiary/aromatic N) is 2. The second-order valence-electron chi connectivity index (χ2n) is 10.6. The lowest BCUT2D eigenvalue weighted by Gasteiger charge is -2.33. The number of benzene rings is 2. The zero-order valence-corrected chi connectivity index (χ0v) is 22.1. The minimum Gasteiger partial charge on any atom is -0.441 e. The van der Waals surface area contributed by atoms with Gasteiger partial charge >= 0.3 is 6.09 Å². The van der Waals surface area contributed by atoms with E-state index in [0.29, 0.717) is 22.9 Å². The summed E-state index contributed by atoms with van der Waals surface area (Å²) in [6.45, 7) is 5.39. The van der Waals surface area contributed by atoms with E-state index in [0.717, 1.165) is 50.0 Å². The number of carbonyl (C=O) groups is 1. The van der Waals surface area contributed by atoms with Gasteiger partial charge in [-0.1, -0.05) is 47.6 Å². The van der Waals surface area contributed by atoms with E-state index in [1.807, 2.05) is 44.2 Å². The standard InChI is InChI=1S/C30H32N4O5/c1-19-27(31-29(36)37-20(2)21-6-4-3-5-7-21)28(39-32-19)22-12-16-34(17-13-22)24-10-8-23(9-11-24)30(14-15-30)25-18-26(35)33-38-25/h3-11,18,20,22H,12-17H2,1-2H3,(H,31,36)(H,33,35)/t20-/m1/s1. The van der Waals surface area contributed by atoms with Gasteiger partial charge in [-0.05, 0) is 62.8 Å². The van der Waals surface area contributed by atoms with Crippen molar-refractivity contribution >= 4 is 17.5 Å². The number of anilines is 2. The second kappa shape index (κ2) is 10.1. The van der Waals surface area contributed by atoms with Crippen LogP contribution in [-0.4, -0.2) is 29.5 Å². The highest BCUT2D eigenvalue weighted by atomic mass is 16.6. The molecule has 2 aliphatic rings. The Labute approximate surface area is 226 Å². The Kier molecular flexibility index (Phi) is 6.50. The second-order valence-corrected chi connectivity index (χ2v) is 10.6. The molecule has 2 aromatic heterocycles. The first-order valence-corrected chi connectivity index (χ1v) is 13.5. The molecule has 39 heavy (non-hydrogen) atoms. The van der Waals surface area contributed by atoms with E-state index in [1.165, 1.54) is 5.56 Å². The summed E-state index contributed by atoms with van der Waals surface area (Å²) in [4.78, 5) is 26.6. The number of piperidine rings is 1. The number of aromatic nitrogens is 2. The van der Waals surface area contributed by atoms with Gasteiger partial charge in [-0.2, -0.15) is 5.16 Å². The van der Waals surface area contributed by atoms with Crippen molar-refractivity contribution < 1.29 is 18.6 Å². The van der Waals surface area contributed by atoms with Gasteiger partial charge in [0.25, 0.3) is 5.56 Å². The van der Waals surface area contributed by atoms with Crippen LogP contribution >= 0.6 is 0 Å². The van der Waals surface area contributed by atoms with Gasteiger partial charge in [0.1, 0.15) is 23.2 Å². The zero-order valence-electron chi connectivity index (χ0n) is 22.1. The summed E-state index contributed by atoms with van der Waals surface area (Å²) in [6.07, 6.45) is 2.80. The number of aromatic amines is 1. The predicted molar refractivity (Wildman–Crippen MR) is 146 cm³/mol. The first kappa shape index (κ1) is 25.0. The molecule has 9 heteroatoms. The van der Waals surface area contributed by atoms with Crippen LogP contribution in [0.1, 0.15) is 73.0 Å². The molecule has 202 valence electrons. The summed E-state index contributed by atoms with van der Waals surface area (Å²) in [7, 11) is 0. The fourth-order valence-electron chi connectivity index (χ4n) is 5.61. The van der Waals surface area contributed by atoms with Gasteiger partial charge in [0.2, 0.25) is 0 Å². The molecule has 1 saturated carbocycles. The summed E-state index contributed by atoms with van der Waals surface area (Å²) in [5, 5.41) is 9.43. The average molecular weight is 529 g/mol. The molecule has 6 rings (SSSR count). The molecule has 1 aliphatic carbocycles. The van der Waals surface area contributed by atoms with Gasteiger partial charge in [-0.25, -0.2) is 4.79 Å². The zero-order chi connectivity index (χ0) is 27.0. The van der Waals surface area contributed by atoms with Crippen molar-refractivity contribution in [2.75, 3.05) is 23.3 Å². The molecule has 9 nitrogen and oxygen atoms in total. The topological polar surface area (TPSA) is 114 Å². The average Bonchev–Trinajstić information content (AvgIpc) is 3.53. The molecule has 1 amide bonds. The number of rotatable bonds is 7. The Morgan fingerprint density at radius 1 is 1.13 bits per heavy atom. The number of nitrogens with one attached hydrogen (secondary N) is 2. The number of carbonyl (C=O) groups excluding carboxylic acids is 1. The highest BCUT2D eigenvalue weighted by Gasteiger charge is 2.49. The van der Waals surface area contributed by atoms with Crippen molar-refractivity contribution in [3.05, 3.63) is 99.4 Å². The molecular formula is C30H32N4O5. The number of aryl methyl sites for hydroxylation is 1. The minimum absolute atomic E-state index is 0.148. The number of H-pyrrole nitrogens is 1. The molecule has 0 bridgehead atoms. The van der Waals surface area contributed by atoms with Crippen LogP contribution in [0.4, 0.5) is 16.2 Å². The summed E-state index contributed by atoms with van der Waals surface area (Å²) in [5.74, 6) is 1.57. The highest BCUT2D eigenvalue weighted by Crippen LogP contribution is 2.53. The maximum absolute atomic E-state index is 12.7. The largest absolute Gasteiger partial charge is 0.441 e. The fraction of sp³-hybridized carbons (Fsp3) is 0.367. The fourth-order valence-corrected chi connectivity index (χ4v) is 5.61. The van der Waals surface area contributed by atoms with Crippen molar-refractivity contribution in [1.82, 2.24) is 10.3 Å². The van der Waals surface area contributed by atoms with Gasteiger partial charge in [0.15, 0.2) is 5.76 Å². The van der Waals surface area contributed by atoms with E-state index in [2.05, 4.69) is 44.8 Å². The third-order valence-corrected chi connectivity index (χ3v) is 8.07. The number of ether oxygens (including phenoxy) is 1. The predicted octanol–water partition coefficient (Wildman–Crippen LogP) is 6.04. The highest BCUT2D eigenvalue weighted by molar-refractivity contribution is 5.86. The molecule has 4 aromatic rings. The Balaban J connectivity index is 1.08. The van der Waals surface area contributed by atoms with E-state index in [-0.39, 0.29) is 23.0 Å². The van der Waals surface area contributed by atoms with Crippen LogP contribution < -0.4 is 15.8 Å². The van der Waals surface area contributed by atoms with Gasteiger partial charge in [0, 0.05) is 30.8 Å².